The molecule has 0 saturated carbocycles. The molecule has 0 aliphatic carbocycles. The van der Waals surface area contributed by atoms with Crippen molar-refractivity contribution in [3.63, 3.8) is 0 Å². The minimum absolute atomic E-state index is 0.00774. The summed E-state index contributed by atoms with van der Waals surface area (Å²) in [7, 11) is -4.29. The highest BCUT2D eigenvalue weighted by molar-refractivity contribution is 7.89. The van der Waals surface area contributed by atoms with Crippen molar-refractivity contribution in [1.29, 1.82) is 0 Å². The number of aryl methyl sites for hydroxylation is 3. The van der Waals surface area contributed by atoms with Gasteiger partial charge in [-0.1, -0.05) is 29.8 Å². The number of hydrogen-bond donors (Lipinski definition) is 5. The molecule has 4 amide bonds. The molecule has 0 aliphatic rings. The van der Waals surface area contributed by atoms with E-state index >= 15 is 0 Å². The number of thiophene rings is 1. The summed E-state index contributed by atoms with van der Waals surface area (Å²) < 4.78 is 50.9. The summed E-state index contributed by atoms with van der Waals surface area (Å²) in [5.41, 5.74) is 0.339. The fourth-order valence-corrected chi connectivity index (χ4v) is 7.93. The van der Waals surface area contributed by atoms with E-state index in [0.29, 0.717) is 27.3 Å². The number of amides is 4. The molecule has 0 fully saturated rings. The van der Waals surface area contributed by atoms with Crippen LogP contribution in [0.4, 0.5) is 20.1 Å². The predicted octanol–water partition coefficient (Wildman–Crippen LogP) is 6.52. The fraction of sp³-hybridized carbons (Fsp3) is 0.463. The van der Waals surface area contributed by atoms with Gasteiger partial charge in [0.05, 0.1) is 22.0 Å². The van der Waals surface area contributed by atoms with Gasteiger partial charge in [0.25, 0.3) is 5.91 Å². The molecular weight excluding hydrogens is 817 g/mol. The molecule has 1 heterocycles. The second-order valence-corrected chi connectivity index (χ2v) is 19.4. The largest absolute Gasteiger partial charge is 0.463 e. The van der Waals surface area contributed by atoms with E-state index in [2.05, 4.69) is 31.0 Å². The number of nitrogens with zero attached hydrogens (tertiary/aromatic N) is 1. The highest BCUT2D eigenvalue weighted by Gasteiger charge is 2.30. The quantitative estimate of drug-likeness (QED) is 0.0433. The van der Waals surface area contributed by atoms with Gasteiger partial charge < -0.3 is 29.6 Å². The molecule has 1 atom stereocenters. The molecule has 5 N–H and O–H groups in total. The van der Waals surface area contributed by atoms with Crippen LogP contribution in [-0.4, -0.2) is 87.1 Å². The first-order valence-corrected chi connectivity index (χ1v) is 21.2. The maximum absolute atomic E-state index is 13.7. The van der Waals surface area contributed by atoms with E-state index in [9.17, 15) is 32.4 Å². The molecule has 1 unspecified atom stereocenters. The monoisotopic (exact) mass is 872 g/mol. The van der Waals surface area contributed by atoms with Gasteiger partial charge in [0.1, 0.15) is 29.5 Å². The molecule has 2 aromatic carbocycles. The topological polar surface area (TPSA) is 229 Å². The van der Waals surface area contributed by atoms with E-state index in [-0.39, 0.29) is 28.9 Å². The van der Waals surface area contributed by atoms with Crippen LogP contribution in [0.15, 0.2) is 58.4 Å². The maximum Gasteiger partial charge on any atom is 0.414 e. The van der Waals surface area contributed by atoms with Crippen LogP contribution in [0.1, 0.15) is 88.7 Å². The van der Waals surface area contributed by atoms with Gasteiger partial charge in [0.15, 0.2) is 0 Å². The Kier molecular flexibility index (Phi) is 16.4. The Balaban J connectivity index is 1.82. The third-order valence-electron chi connectivity index (χ3n) is 7.38. The highest BCUT2D eigenvalue weighted by Crippen LogP contribution is 2.31. The number of hydrogen-bond acceptors (Lipinski definition) is 13. The van der Waals surface area contributed by atoms with E-state index in [0.717, 1.165) is 16.9 Å². The van der Waals surface area contributed by atoms with Gasteiger partial charge in [-0.3, -0.25) is 20.2 Å². The first-order chi connectivity index (χ1) is 27.6. The maximum atomic E-state index is 13.7. The molecule has 0 bridgehead atoms. The molecule has 0 spiro atoms. The number of aliphatic imine (C=N–C) groups is 1. The zero-order chi connectivity index (χ0) is 45.2. The summed E-state index contributed by atoms with van der Waals surface area (Å²) in [6.45, 7) is 19.4. The Bertz CT molecular complexity index is 2140. The van der Waals surface area contributed by atoms with Gasteiger partial charge >= 0.3 is 24.2 Å². The summed E-state index contributed by atoms with van der Waals surface area (Å²) in [6, 6.07) is 11.9. The SMILES string of the molecule is Cc1cc(C)c(S(=O)(=O)NC(CNC(=O)c2ccc(-c3cccc(N=C(NC(=O)OC(C)(C)C)NC(=O)OC(C)(C)C)c3)s2)C(=O)OCCNC(=O)OC(C)(C)C)c(C)c1. The van der Waals surface area contributed by atoms with Crippen molar-refractivity contribution in [1.82, 2.24) is 26.0 Å². The lowest BCUT2D eigenvalue weighted by Gasteiger charge is -2.22. The minimum atomic E-state index is -4.29. The number of alkyl carbamates (subject to hydrolysis) is 3. The van der Waals surface area contributed by atoms with E-state index in [1.165, 1.54) is 0 Å². The molecule has 0 radical (unpaired) electrons. The van der Waals surface area contributed by atoms with Crippen molar-refractivity contribution < 1.29 is 51.3 Å². The molecule has 60 heavy (non-hydrogen) atoms. The van der Waals surface area contributed by atoms with Crippen LogP contribution in [0.5, 0.6) is 0 Å². The van der Waals surface area contributed by atoms with Crippen molar-refractivity contribution in [3.8, 4) is 10.4 Å². The summed E-state index contributed by atoms with van der Waals surface area (Å²) in [6.07, 6.45) is -2.44. The second kappa shape index (κ2) is 20.2. The standard InChI is InChI=1S/C41H56N6O11S2/c1-24-20-25(2)32(26(3)21-24)60(53,54)47-29(34(49)55-19-18-42-36(50)56-39(4,5)6)23-43-33(48)31-17-16-30(59-31)27-14-13-15-28(22-27)44-35(45-37(51)57-40(7,8)9)46-38(52)58-41(10,11)12/h13-17,20-22,29,47H,18-19,23H2,1-12H3,(H,42,50)(H,43,48)(H2,44,45,46,51,52). The zero-order valence-corrected chi connectivity index (χ0v) is 37.7. The Morgan fingerprint density at radius 1 is 0.733 bits per heavy atom. The Hall–Kier alpha value is -5.53. The Labute approximate surface area is 355 Å². The first kappa shape index (κ1) is 48.8. The van der Waals surface area contributed by atoms with E-state index in [4.69, 9.17) is 18.9 Å². The number of esters is 1. The van der Waals surface area contributed by atoms with Gasteiger partial charge in [0.2, 0.25) is 16.0 Å². The van der Waals surface area contributed by atoms with Crippen LogP contribution in [-0.2, 0) is 33.8 Å². The summed E-state index contributed by atoms with van der Waals surface area (Å²) >= 11 is 1.11. The minimum Gasteiger partial charge on any atom is -0.463 e. The normalized spacial score (nSPS) is 12.3. The van der Waals surface area contributed by atoms with Gasteiger partial charge in [0, 0.05) is 11.4 Å². The molecule has 19 heteroatoms. The van der Waals surface area contributed by atoms with Crippen LogP contribution in [0.3, 0.4) is 0 Å². The van der Waals surface area contributed by atoms with E-state index < -0.39 is 69.6 Å². The molecule has 328 valence electrons. The lowest BCUT2D eigenvalue weighted by atomic mass is 10.1. The molecule has 17 nitrogen and oxygen atoms in total. The van der Waals surface area contributed by atoms with Crippen LogP contribution < -0.4 is 26.0 Å². The first-order valence-electron chi connectivity index (χ1n) is 18.9. The van der Waals surface area contributed by atoms with Crippen LogP contribution in [0.25, 0.3) is 10.4 Å². The number of guanidine groups is 1. The number of nitrogens with one attached hydrogen (secondary N) is 5. The molecular formula is C41H56N6O11S2. The number of ether oxygens (including phenoxy) is 4. The Morgan fingerprint density at radius 2 is 1.28 bits per heavy atom. The number of carbonyl (C=O) groups excluding carboxylic acids is 5. The van der Waals surface area contributed by atoms with Crippen molar-refractivity contribution >= 4 is 63.2 Å². The number of sulfonamides is 1. The molecule has 0 aliphatic heterocycles. The average molecular weight is 873 g/mol. The van der Waals surface area contributed by atoms with Gasteiger partial charge in [-0.05, 0) is 124 Å². The lowest BCUT2D eigenvalue weighted by Crippen LogP contribution is -2.49. The molecule has 3 rings (SSSR count). The second-order valence-electron chi connectivity index (χ2n) is 16.6. The number of rotatable bonds is 12. The number of carbonyl (C=O) groups is 5. The van der Waals surface area contributed by atoms with Crippen molar-refractivity contribution in [2.24, 2.45) is 4.99 Å². The van der Waals surface area contributed by atoms with Gasteiger partial charge in [-0.25, -0.2) is 27.8 Å². The van der Waals surface area contributed by atoms with Crippen LogP contribution >= 0.6 is 11.3 Å². The third-order valence-corrected chi connectivity index (χ3v) is 10.3. The van der Waals surface area contributed by atoms with Crippen LogP contribution in [0.2, 0.25) is 0 Å². The van der Waals surface area contributed by atoms with Crippen LogP contribution in [0, 0.1) is 20.8 Å². The van der Waals surface area contributed by atoms with Gasteiger partial charge in [-0.2, -0.15) is 4.72 Å². The van der Waals surface area contributed by atoms with Crippen molar-refractivity contribution in [3.05, 3.63) is 70.1 Å². The Morgan fingerprint density at radius 3 is 1.83 bits per heavy atom. The smallest absolute Gasteiger partial charge is 0.414 e. The lowest BCUT2D eigenvalue weighted by molar-refractivity contribution is -0.145. The van der Waals surface area contributed by atoms with Gasteiger partial charge in [-0.15, -0.1) is 11.3 Å². The third kappa shape index (κ3) is 16.6. The predicted molar refractivity (Wildman–Crippen MR) is 228 cm³/mol. The molecule has 1 aromatic heterocycles. The van der Waals surface area contributed by atoms with Crippen molar-refractivity contribution in [2.45, 2.75) is 111 Å². The summed E-state index contributed by atoms with van der Waals surface area (Å²) in [5, 5.41) is 9.95. The van der Waals surface area contributed by atoms with E-state index in [1.807, 2.05) is 6.92 Å². The fourth-order valence-electron chi connectivity index (χ4n) is 5.37. The molecule has 3 aromatic rings. The highest BCUT2D eigenvalue weighted by atomic mass is 32.2. The van der Waals surface area contributed by atoms with E-state index in [1.54, 1.807) is 125 Å². The number of benzene rings is 2. The average Bonchev–Trinajstić information content (AvgIpc) is 3.56. The molecule has 0 saturated heterocycles. The summed E-state index contributed by atoms with van der Waals surface area (Å²) in [4.78, 5) is 69.2. The zero-order valence-electron chi connectivity index (χ0n) is 36.1. The summed E-state index contributed by atoms with van der Waals surface area (Å²) in [5.74, 6) is -1.84. The van der Waals surface area contributed by atoms with Crippen molar-refractivity contribution in [2.75, 3.05) is 19.7 Å².